The number of aromatic nitrogens is 2. The highest BCUT2D eigenvalue weighted by Gasteiger charge is 2.35. The number of alkyl halides is 3. The molecule has 9 heteroatoms. The lowest BCUT2D eigenvalue weighted by atomic mass is 9.87. The van der Waals surface area contributed by atoms with Gasteiger partial charge in [-0.3, -0.25) is 4.79 Å². The van der Waals surface area contributed by atoms with Crippen LogP contribution in [0.25, 0.3) is 11.0 Å². The monoisotopic (exact) mass is 469 g/mol. The van der Waals surface area contributed by atoms with Crippen LogP contribution < -0.4 is 15.4 Å². The summed E-state index contributed by atoms with van der Waals surface area (Å²) >= 11 is 0. The van der Waals surface area contributed by atoms with Crippen molar-refractivity contribution in [1.29, 1.82) is 5.26 Å². The molecule has 178 valence electrons. The molecule has 0 aliphatic carbocycles. The van der Waals surface area contributed by atoms with Gasteiger partial charge in [-0.2, -0.15) is 18.4 Å². The third-order valence-electron chi connectivity index (χ3n) is 6.85. The molecule has 0 unspecified atom stereocenters. The van der Waals surface area contributed by atoms with E-state index in [-0.39, 0.29) is 29.3 Å². The van der Waals surface area contributed by atoms with Crippen molar-refractivity contribution in [2.24, 2.45) is 13.0 Å². The Morgan fingerprint density at radius 3 is 2.44 bits per heavy atom. The van der Waals surface area contributed by atoms with E-state index in [4.69, 9.17) is 0 Å². The van der Waals surface area contributed by atoms with Gasteiger partial charge in [-0.05, 0) is 55.7 Å². The van der Waals surface area contributed by atoms with Crippen molar-refractivity contribution >= 4 is 22.4 Å². The average molecular weight is 470 g/mol. The number of hydrogen-bond donors (Lipinski definition) is 0. The molecule has 3 heterocycles. The first-order valence-corrected chi connectivity index (χ1v) is 11.1. The number of pyridine rings is 2. The molecule has 0 N–H and O–H groups in total. The number of hydrogen-bond acceptors (Lipinski definition) is 5. The third kappa shape index (κ3) is 4.20. The smallest absolute Gasteiger partial charge is 0.371 e. The van der Waals surface area contributed by atoms with Gasteiger partial charge in [0.2, 0.25) is 0 Å². The normalized spacial score (nSPS) is 20.9. The molecule has 34 heavy (non-hydrogen) atoms. The second-order valence-electron chi connectivity index (χ2n) is 9.04. The van der Waals surface area contributed by atoms with E-state index in [1.807, 2.05) is 11.9 Å². The molecule has 1 saturated heterocycles. The summed E-state index contributed by atoms with van der Waals surface area (Å²) in [4.78, 5) is 21.3. The summed E-state index contributed by atoms with van der Waals surface area (Å²) in [5.41, 5.74) is 2.15. The quantitative estimate of drug-likeness (QED) is 0.563. The topological polar surface area (TPSA) is 65.2 Å². The van der Waals surface area contributed by atoms with Crippen LogP contribution in [0.5, 0.6) is 0 Å². The Bertz CT molecular complexity index is 1310. The van der Waals surface area contributed by atoms with Crippen LogP contribution in [0.3, 0.4) is 0 Å². The summed E-state index contributed by atoms with van der Waals surface area (Å²) in [6.45, 7) is 4.80. The lowest BCUT2D eigenvalue weighted by Crippen LogP contribution is -2.53. The van der Waals surface area contributed by atoms with Gasteiger partial charge >= 0.3 is 6.18 Å². The van der Waals surface area contributed by atoms with Crippen molar-refractivity contribution in [3.05, 3.63) is 64.1 Å². The summed E-state index contributed by atoms with van der Waals surface area (Å²) in [5.74, 6) is 0.154. The minimum atomic E-state index is -4.36. The van der Waals surface area contributed by atoms with Gasteiger partial charge in [0.1, 0.15) is 17.3 Å². The Morgan fingerprint density at radius 1 is 1.15 bits per heavy atom. The number of piperidine rings is 1. The molecule has 0 bridgehead atoms. The van der Waals surface area contributed by atoms with Crippen molar-refractivity contribution in [2.45, 2.75) is 38.5 Å². The molecule has 2 aromatic heterocycles. The van der Waals surface area contributed by atoms with Crippen LogP contribution in [0.2, 0.25) is 0 Å². The zero-order chi connectivity index (χ0) is 24.8. The minimum Gasteiger partial charge on any atom is -0.371 e. The molecule has 4 rings (SSSR count). The summed E-state index contributed by atoms with van der Waals surface area (Å²) in [6, 6.07) is 12.4. The predicted molar refractivity (Wildman–Crippen MR) is 126 cm³/mol. The lowest BCUT2D eigenvalue weighted by Gasteiger charge is -2.47. The van der Waals surface area contributed by atoms with Gasteiger partial charge < -0.3 is 14.4 Å². The fourth-order valence-electron chi connectivity index (χ4n) is 4.87. The Balaban J connectivity index is 1.64. The van der Waals surface area contributed by atoms with Gasteiger partial charge in [0.15, 0.2) is 0 Å². The maximum absolute atomic E-state index is 12.9. The Labute approximate surface area is 195 Å². The molecule has 3 aromatic rings. The van der Waals surface area contributed by atoms with Crippen LogP contribution >= 0.6 is 0 Å². The first-order chi connectivity index (χ1) is 16.0. The van der Waals surface area contributed by atoms with Crippen molar-refractivity contribution < 1.29 is 13.2 Å². The lowest BCUT2D eigenvalue weighted by molar-refractivity contribution is -0.137. The molecule has 0 spiro atoms. The number of nitriles is 1. The van der Waals surface area contributed by atoms with Crippen LogP contribution in [0.4, 0.5) is 24.5 Å². The van der Waals surface area contributed by atoms with E-state index in [2.05, 4.69) is 29.8 Å². The molecule has 1 aliphatic rings. The van der Waals surface area contributed by atoms with E-state index in [9.17, 15) is 23.2 Å². The van der Waals surface area contributed by atoms with Gasteiger partial charge in [-0.1, -0.05) is 6.92 Å². The molecule has 6 nitrogen and oxygen atoms in total. The standard InChI is InChI=1S/C25H26F3N5O/c1-15-14-33(22-12-23(34)32(4)20-10-7-18(13-29)30-24(20)22)16(2)11-21(15)31(3)19-8-5-17(6-9-19)25(26,27)28/h5-10,12,15-16,21H,11,14H2,1-4H3/t15-,16+,21+/m0/s1. The molecule has 3 atom stereocenters. The van der Waals surface area contributed by atoms with Gasteiger partial charge in [0, 0.05) is 44.5 Å². The zero-order valence-corrected chi connectivity index (χ0v) is 19.5. The highest BCUT2D eigenvalue weighted by Crippen LogP contribution is 2.35. The summed E-state index contributed by atoms with van der Waals surface area (Å²) < 4.78 is 40.3. The van der Waals surface area contributed by atoms with Crippen LogP contribution in [-0.2, 0) is 13.2 Å². The second kappa shape index (κ2) is 8.67. The van der Waals surface area contributed by atoms with E-state index in [1.54, 1.807) is 25.2 Å². The number of anilines is 2. The van der Waals surface area contributed by atoms with Crippen molar-refractivity contribution in [3.8, 4) is 6.07 Å². The van der Waals surface area contributed by atoms with Crippen molar-refractivity contribution in [2.75, 3.05) is 23.4 Å². The molecule has 1 aliphatic heterocycles. The maximum Gasteiger partial charge on any atom is 0.416 e. The maximum atomic E-state index is 12.9. The fourth-order valence-corrected chi connectivity index (χ4v) is 4.87. The number of aryl methyl sites for hydroxylation is 1. The zero-order valence-electron chi connectivity index (χ0n) is 19.5. The van der Waals surface area contributed by atoms with Crippen LogP contribution in [0.1, 0.15) is 31.5 Å². The van der Waals surface area contributed by atoms with Crippen LogP contribution in [0, 0.1) is 17.2 Å². The van der Waals surface area contributed by atoms with E-state index in [1.165, 1.54) is 16.7 Å². The Morgan fingerprint density at radius 2 is 1.82 bits per heavy atom. The molecule has 0 radical (unpaired) electrons. The fraction of sp³-hybridized carbons (Fsp3) is 0.400. The summed E-state index contributed by atoms with van der Waals surface area (Å²) in [7, 11) is 3.58. The second-order valence-corrected chi connectivity index (χ2v) is 9.04. The molecular weight excluding hydrogens is 443 g/mol. The minimum absolute atomic E-state index is 0.0425. The first kappa shape index (κ1) is 23.6. The van der Waals surface area contributed by atoms with E-state index >= 15 is 0 Å². The van der Waals surface area contributed by atoms with Gasteiger partial charge in [-0.15, -0.1) is 0 Å². The third-order valence-corrected chi connectivity index (χ3v) is 6.85. The summed E-state index contributed by atoms with van der Waals surface area (Å²) in [6.07, 6.45) is -3.62. The van der Waals surface area contributed by atoms with Crippen molar-refractivity contribution in [1.82, 2.24) is 9.55 Å². The van der Waals surface area contributed by atoms with E-state index in [0.29, 0.717) is 23.3 Å². The van der Waals surface area contributed by atoms with E-state index < -0.39 is 11.7 Å². The molecule has 0 amide bonds. The largest absolute Gasteiger partial charge is 0.416 e. The molecule has 1 fully saturated rings. The van der Waals surface area contributed by atoms with Gasteiger partial charge in [0.25, 0.3) is 5.56 Å². The summed E-state index contributed by atoms with van der Waals surface area (Å²) in [5, 5.41) is 9.32. The SMILES string of the molecule is C[C@@H]1C[C@@H](N(C)c2ccc(C(F)(F)F)cc2)[C@@H](C)CN1c1cc(=O)n(C)c2ccc(C#N)nc12. The van der Waals surface area contributed by atoms with Gasteiger partial charge in [-0.25, -0.2) is 4.98 Å². The molecule has 1 aromatic carbocycles. The Hall–Kier alpha value is -3.54. The number of fused-ring (bicyclic) bond motifs is 1. The van der Waals surface area contributed by atoms with E-state index in [0.717, 1.165) is 24.2 Å². The average Bonchev–Trinajstić information content (AvgIpc) is 2.81. The van der Waals surface area contributed by atoms with Crippen molar-refractivity contribution in [3.63, 3.8) is 0 Å². The number of rotatable bonds is 3. The van der Waals surface area contributed by atoms with Crippen LogP contribution in [0.15, 0.2) is 47.3 Å². The Kier molecular flexibility index (Phi) is 6.02. The number of halogens is 3. The van der Waals surface area contributed by atoms with Gasteiger partial charge in [0.05, 0.1) is 16.8 Å². The number of benzene rings is 1. The highest BCUT2D eigenvalue weighted by atomic mass is 19.4. The molecular formula is C25H26F3N5O. The highest BCUT2D eigenvalue weighted by molar-refractivity contribution is 5.89. The van der Waals surface area contributed by atoms with Crippen LogP contribution in [-0.4, -0.2) is 35.2 Å². The number of nitrogens with zero attached hydrogens (tertiary/aromatic N) is 5. The molecule has 0 saturated carbocycles. The predicted octanol–water partition coefficient (Wildman–Crippen LogP) is 4.56. The first-order valence-electron chi connectivity index (χ1n) is 11.1.